The van der Waals surface area contributed by atoms with Crippen LogP contribution in [-0.2, 0) is 6.42 Å². The van der Waals surface area contributed by atoms with Crippen LogP contribution in [0.5, 0.6) is 0 Å². The molecular weight excluding hydrogens is 397 g/mol. The largest absolute Gasteiger partial charge is 0.357 e. The molecule has 2 N–H and O–H groups in total. The van der Waals surface area contributed by atoms with Crippen LogP contribution in [0.4, 0.5) is 0 Å². The Morgan fingerprint density at radius 3 is 2.57 bits per heavy atom. The Bertz CT molecular complexity index is 430. The van der Waals surface area contributed by atoms with Gasteiger partial charge in [-0.15, -0.1) is 24.0 Å². The molecule has 0 atom stereocenters. The third-order valence-corrected chi connectivity index (χ3v) is 3.65. The monoisotopic (exact) mass is 421 g/mol. The van der Waals surface area contributed by atoms with Crippen molar-refractivity contribution >= 4 is 41.5 Å². The van der Waals surface area contributed by atoms with E-state index in [-0.39, 0.29) is 24.0 Å². The fourth-order valence-corrected chi connectivity index (χ4v) is 2.14. The van der Waals surface area contributed by atoms with Crippen molar-refractivity contribution in [2.24, 2.45) is 10.9 Å². The fourth-order valence-electron chi connectivity index (χ4n) is 2.01. The SMILES string of the molecule is CCNC(=NCC1CC1)NCCCc1ccc(Cl)cc1.I. The first-order valence-electron chi connectivity index (χ1n) is 7.54. The summed E-state index contributed by atoms with van der Waals surface area (Å²) in [5, 5.41) is 7.49. The first-order chi connectivity index (χ1) is 9.78. The van der Waals surface area contributed by atoms with Gasteiger partial charge in [-0.3, -0.25) is 4.99 Å². The molecule has 1 aliphatic carbocycles. The summed E-state index contributed by atoms with van der Waals surface area (Å²) in [6.45, 7) is 4.92. The van der Waals surface area contributed by atoms with Gasteiger partial charge in [0.2, 0.25) is 0 Å². The highest BCUT2D eigenvalue weighted by Gasteiger charge is 2.20. The van der Waals surface area contributed by atoms with Crippen LogP contribution < -0.4 is 10.6 Å². The van der Waals surface area contributed by atoms with Crippen LogP contribution in [0.2, 0.25) is 5.02 Å². The number of hydrogen-bond acceptors (Lipinski definition) is 1. The van der Waals surface area contributed by atoms with Gasteiger partial charge in [0, 0.05) is 24.7 Å². The van der Waals surface area contributed by atoms with Gasteiger partial charge in [-0.05, 0) is 56.2 Å². The van der Waals surface area contributed by atoms with Gasteiger partial charge in [-0.25, -0.2) is 0 Å². The molecular formula is C16H25ClIN3. The van der Waals surface area contributed by atoms with Crippen LogP contribution in [0.1, 0.15) is 31.7 Å². The quantitative estimate of drug-likeness (QED) is 0.304. The number of rotatable bonds is 7. The zero-order valence-electron chi connectivity index (χ0n) is 12.6. The van der Waals surface area contributed by atoms with Gasteiger partial charge in [0.15, 0.2) is 5.96 Å². The first-order valence-corrected chi connectivity index (χ1v) is 7.92. The average Bonchev–Trinajstić information content (AvgIpc) is 3.27. The maximum absolute atomic E-state index is 5.88. The third kappa shape index (κ3) is 7.90. The van der Waals surface area contributed by atoms with Crippen LogP contribution in [-0.4, -0.2) is 25.6 Å². The second-order valence-electron chi connectivity index (χ2n) is 5.32. The van der Waals surface area contributed by atoms with E-state index in [0.717, 1.165) is 49.4 Å². The number of halogens is 2. The number of nitrogens with zero attached hydrogens (tertiary/aromatic N) is 1. The molecule has 1 saturated carbocycles. The van der Waals surface area contributed by atoms with Crippen molar-refractivity contribution in [3.8, 4) is 0 Å². The van der Waals surface area contributed by atoms with Gasteiger partial charge in [-0.1, -0.05) is 23.7 Å². The minimum Gasteiger partial charge on any atom is -0.357 e. The Morgan fingerprint density at radius 1 is 1.24 bits per heavy atom. The molecule has 1 aromatic rings. The van der Waals surface area contributed by atoms with Crippen molar-refractivity contribution in [1.82, 2.24) is 10.6 Å². The molecule has 1 aliphatic rings. The lowest BCUT2D eigenvalue weighted by Crippen LogP contribution is -2.38. The number of guanidine groups is 1. The molecule has 0 unspecified atom stereocenters. The van der Waals surface area contributed by atoms with E-state index in [1.165, 1.54) is 18.4 Å². The van der Waals surface area contributed by atoms with Gasteiger partial charge in [0.1, 0.15) is 0 Å². The van der Waals surface area contributed by atoms with E-state index in [2.05, 4.69) is 34.7 Å². The summed E-state index contributed by atoms with van der Waals surface area (Å²) < 4.78 is 0. The summed E-state index contributed by atoms with van der Waals surface area (Å²) in [5.41, 5.74) is 1.33. The van der Waals surface area contributed by atoms with Crippen molar-refractivity contribution in [2.45, 2.75) is 32.6 Å². The molecule has 5 heteroatoms. The van der Waals surface area contributed by atoms with Crippen molar-refractivity contribution in [3.05, 3.63) is 34.9 Å². The second kappa shape index (κ2) is 10.3. The van der Waals surface area contributed by atoms with E-state index in [4.69, 9.17) is 11.6 Å². The van der Waals surface area contributed by atoms with Crippen LogP contribution in [0.3, 0.4) is 0 Å². The van der Waals surface area contributed by atoms with E-state index in [9.17, 15) is 0 Å². The molecule has 1 aromatic carbocycles. The normalized spacial score (nSPS) is 14.5. The average molecular weight is 422 g/mol. The Hall–Kier alpha value is -0.490. The summed E-state index contributed by atoms with van der Waals surface area (Å²) in [7, 11) is 0. The molecule has 0 heterocycles. The number of benzene rings is 1. The van der Waals surface area contributed by atoms with Crippen molar-refractivity contribution < 1.29 is 0 Å². The van der Waals surface area contributed by atoms with Gasteiger partial charge >= 0.3 is 0 Å². The van der Waals surface area contributed by atoms with Gasteiger partial charge < -0.3 is 10.6 Å². The van der Waals surface area contributed by atoms with Gasteiger partial charge in [0.05, 0.1) is 0 Å². The predicted molar refractivity (Wildman–Crippen MR) is 102 cm³/mol. The molecule has 0 amide bonds. The van der Waals surface area contributed by atoms with E-state index in [1.54, 1.807) is 0 Å². The molecule has 0 aromatic heterocycles. The summed E-state index contributed by atoms with van der Waals surface area (Å²) in [5.74, 6) is 1.79. The van der Waals surface area contributed by atoms with E-state index in [0.29, 0.717) is 0 Å². The number of hydrogen-bond donors (Lipinski definition) is 2. The predicted octanol–water partition coefficient (Wildman–Crippen LogP) is 3.86. The van der Waals surface area contributed by atoms with Crippen LogP contribution in [0.15, 0.2) is 29.3 Å². The zero-order valence-corrected chi connectivity index (χ0v) is 15.7. The lowest BCUT2D eigenvalue weighted by atomic mass is 10.1. The summed E-state index contributed by atoms with van der Waals surface area (Å²) >= 11 is 5.88. The fraction of sp³-hybridized carbons (Fsp3) is 0.562. The summed E-state index contributed by atoms with van der Waals surface area (Å²) in [6, 6.07) is 8.08. The lowest BCUT2D eigenvalue weighted by molar-refractivity contribution is 0.736. The third-order valence-electron chi connectivity index (χ3n) is 3.40. The Morgan fingerprint density at radius 2 is 1.95 bits per heavy atom. The smallest absolute Gasteiger partial charge is 0.191 e. The zero-order chi connectivity index (χ0) is 14.2. The van der Waals surface area contributed by atoms with Crippen LogP contribution in [0, 0.1) is 5.92 Å². The Balaban J connectivity index is 0.00000220. The molecule has 2 rings (SSSR count). The number of nitrogens with one attached hydrogen (secondary N) is 2. The molecule has 0 bridgehead atoms. The molecule has 0 radical (unpaired) electrons. The molecule has 21 heavy (non-hydrogen) atoms. The maximum Gasteiger partial charge on any atom is 0.191 e. The minimum atomic E-state index is 0. The maximum atomic E-state index is 5.88. The highest BCUT2D eigenvalue weighted by Crippen LogP contribution is 2.28. The lowest BCUT2D eigenvalue weighted by Gasteiger charge is -2.11. The molecule has 0 saturated heterocycles. The highest BCUT2D eigenvalue weighted by molar-refractivity contribution is 14.0. The first kappa shape index (κ1) is 18.6. The van der Waals surface area contributed by atoms with Crippen molar-refractivity contribution in [1.29, 1.82) is 0 Å². The summed E-state index contributed by atoms with van der Waals surface area (Å²) in [4.78, 5) is 4.61. The highest BCUT2D eigenvalue weighted by atomic mass is 127. The molecule has 3 nitrogen and oxygen atoms in total. The Kier molecular flexibility index (Phi) is 9.08. The van der Waals surface area contributed by atoms with Crippen LogP contribution in [0.25, 0.3) is 0 Å². The molecule has 0 spiro atoms. The van der Waals surface area contributed by atoms with Gasteiger partial charge in [0.25, 0.3) is 0 Å². The number of aliphatic imine (C=N–C) groups is 1. The van der Waals surface area contributed by atoms with E-state index in [1.807, 2.05) is 12.1 Å². The molecule has 0 aliphatic heterocycles. The Labute approximate surface area is 150 Å². The summed E-state index contributed by atoms with van der Waals surface area (Å²) in [6.07, 6.45) is 4.85. The van der Waals surface area contributed by atoms with E-state index >= 15 is 0 Å². The number of aryl methyl sites for hydroxylation is 1. The molecule has 118 valence electrons. The van der Waals surface area contributed by atoms with Crippen LogP contribution >= 0.6 is 35.6 Å². The second-order valence-corrected chi connectivity index (χ2v) is 5.76. The minimum absolute atomic E-state index is 0. The molecule has 1 fully saturated rings. The van der Waals surface area contributed by atoms with Gasteiger partial charge in [-0.2, -0.15) is 0 Å². The van der Waals surface area contributed by atoms with Crippen molar-refractivity contribution in [3.63, 3.8) is 0 Å². The topological polar surface area (TPSA) is 36.4 Å². The van der Waals surface area contributed by atoms with E-state index < -0.39 is 0 Å². The van der Waals surface area contributed by atoms with Crippen molar-refractivity contribution in [2.75, 3.05) is 19.6 Å². The standard InChI is InChI=1S/C16H24ClN3.HI/c1-2-18-16(20-12-14-5-6-14)19-11-3-4-13-7-9-15(17)10-8-13;/h7-10,14H,2-6,11-12H2,1H3,(H2,18,19,20);1H.